The van der Waals surface area contributed by atoms with Crippen molar-refractivity contribution in [1.82, 2.24) is 9.88 Å². The van der Waals surface area contributed by atoms with E-state index in [9.17, 15) is 9.59 Å². The number of amides is 1. The molecule has 25 heavy (non-hydrogen) atoms. The van der Waals surface area contributed by atoms with Gasteiger partial charge in [-0.15, -0.1) is 0 Å². The van der Waals surface area contributed by atoms with E-state index in [2.05, 4.69) is 11.1 Å². The summed E-state index contributed by atoms with van der Waals surface area (Å²) in [6.45, 7) is 0.787. The van der Waals surface area contributed by atoms with Crippen LogP contribution in [0.1, 0.15) is 65.3 Å². The molecule has 1 aromatic heterocycles. The van der Waals surface area contributed by atoms with E-state index in [4.69, 9.17) is 0 Å². The van der Waals surface area contributed by atoms with Crippen molar-refractivity contribution in [2.24, 2.45) is 0 Å². The largest absolute Gasteiger partial charge is 0.363 e. The summed E-state index contributed by atoms with van der Waals surface area (Å²) in [6, 6.07) is 10.2. The second kappa shape index (κ2) is 6.87. The quantitative estimate of drug-likeness (QED) is 0.844. The number of carbonyl (C=O) groups excluding carboxylic acids is 2. The Bertz CT molecular complexity index is 779. The molecule has 4 heteroatoms. The lowest BCUT2D eigenvalue weighted by Gasteiger charge is -2.24. The van der Waals surface area contributed by atoms with Crippen molar-refractivity contribution in [3.8, 4) is 0 Å². The third kappa shape index (κ3) is 3.26. The first-order valence-electron chi connectivity index (χ1n) is 9.30. The van der Waals surface area contributed by atoms with Crippen LogP contribution in [0.2, 0.25) is 0 Å². The lowest BCUT2D eigenvalue weighted by Crippen LogP contribution is -2.30. The maximum atomic E-state index is 12.6. The van der Waals surface area contributed by atoms with Crippen LogP contribution in [0.4, 0.5) is 0 Å². The summed E-state index contributed by atoms with van der Waals surface area (Å²) in [5.41, 5.74) is 4.54. The van der Waals surface area contributed by atoms with Crippen LogP contribution in [-0.2, 0) is 17.6 Å². The molecular formula is C21H24N2O2. The monoisotopic (exact) mass is 336 g/mol. The zero-order valence-corrected chi connectivity index (χ0v) is 14.5. The number of rotatable bonds is 5. The number of carbonyl (C=O) groups is 2. The van der Waals surface area contributed by atoms with Gasteiger partial charge < -0.3 is 9.88 Å². The number of ketones is 1. The van der Waals surface area contributed by atoms with Crippen LogP contribution in [0.5, 0.6) is 0 Å². The molecule has 2 heterocycles. The number of benzene rings is 1. The third-order valence-electron chi connectivity index (χ3n) is 5.54. The summed E-state index contributed by atoms with van der Waals surface area (Å²) in [5.74, 6) is 0.172. The molecule has 1 aromatic carbocycles. The van der Waals surface area contributed by atoms with E-state index in [-0.39, 0.29) is 17.7 Å². The van der Waals surface area contributed by atoms with Gasteiger partial charge in [0.05, 0.1) is 6.04 Å². The minimum absolute atomic E-state index is 0.0821. The maximum Gasteiger partial charge on any atom is 0.223 e. The van der Waals surface area contributed by atoms with Gasteiger partial charge >= 0.3 is 0 Å². The summed E-state index contributed by atoms with van der Waals surface area (Å²) in [7, 11) is 0. The lowest BCUT2D eigenvalue weighted by molar-refractivity contribution is -0.132. The summed E-state index contributed by atoms with van der Waals surface area (Å²) >= 11 is 0. The van der Waals surface area contributed by atoms with Crippen molar-refractivity contribution in [3.05, 3.63) is 58.9 Å². The molecule has 4 nitrogen and oxygen atoms in total. The van der Waals surface area contributed by atoms with Gasteiger partial charge in [-0.05, 0) is 61.4 Å². The number of aryl methyl sites for hydroxylation is 2. The van der Waals surface area contributed by atoms with E-state index >= 15 is 0 Å². The first kappa shape index (κ1) is 16.1. The van der Waals surface area contributed by atoms with Crippen molar-refractivity contribution in [2.45, 2.75) is 51.0 Å². The highest BCUT2D eigenvalue weighted by Crippen LogP contribution is 2.31. The molecule has 0 saturated carbocycles. The molecule has 130 valence electrons. The van der Waals surface area contributed by atoms with Crippen LogP contribution >= 0.6 is 0 Å². The van der Waals surface area contributed by atoms with Crippen molar-refractivity contribution in [1.29, 1.82) is 0 Å². The van der Waals surface area contributed by atoms with Gasteiger partial charge in [-0.2, -0.15) is 0 Å². The summed E-state index contributed by atoms with van der Waals surface area (Å²) in [4.78, 5) is 30.3. The van der Waals surface area contributed by atoms with E-state index in [0.29, 0.717) is 12.8 Å². The topological polar surface area (TPSA) is 53.2 Å². The number of hydrogen-bond acceptors (Lipinski definition) is 2. The zero-order chi connectivity index (χ0) is 17.2. The Kier molecular flexibility index (Phi) is 4.43. The van der Waals surface area contributed by atoms with Crippen molar-refractivity contribution in [3.63, 3.8) is 0 Å². The molecule has 4 rings (SSSR count). The first-order valence-corrected chi connectivity index (χ1v) is 9.30. The Morgan fingerprint density at radius 3 is 2.80 bits per heavy atom. The lowest BCUT2D eigenvalue weighted by atomic mass is 10.0. The maximum absolute atomic E-state index is 12.6. The number of nitrogens with zero attached hydrogens (tertiary/aromatic N) is 1. The molecule has 1 atom stereocenters. The number of nitrogens with one attached hydrogen (secondary N) is 1. The molecule has 0 spiro atoms. The molecule has 1 amide bonds. The van der Waals surface area contributed by atoms with Crippen LogP contribution in [0.15, 0.2) is 36.5 Å². The predicted octanol–water partition coefficient (Wildman–Crippen LogP) is 3.83. The smallest absolute Gasteiger partial charge is 0.223 e. The fourth-order valence-corrected chi connectivity index (χ4v) is 4.19. The van der Waals surface area contributed by atoms with Crippen LogP contribution < -0.4 is 0 Å². The summed E-state index contributed by atoms with van der Waals surface area (Å²) in [5, 5.41) is 0. The Labute approximate surface area is 148 Å². The normalized spacial score (nSPS) is 19.2. The predicted molar refractivity (Wildman–Crippen MR) is 96.5 cm³/mol. The van der Waals surface area contributed by atoms with Gasteiger partial charge in [0.1, 0.15) is 0 Å². The fraction of sp³-hybridized carbons (Fsp3) is 0.429. The molecule has 1 fully saturated rings. The Morgan fingerprint density at radius 2 is 1.96 bits per heavy atom. The number of aromatic nitrogens is 1. The van der Waals surface area contributed by atoms with Crippen molar-refractivity contribution in [2.75, 3.05) is 6.54 Å². The first-order chi connectivity index (χ1) is 12.2. The Balaban J connectivity index is 1.37. The van der Waals surface area contributed by atoms with E-state index in [0.717, 1.165) is 43.5 Å². The van der Waals surface area contributed by atoms with Gasteiger partial charge in [-0.3, -0.25) is 9.59 Å². The molecule has 1 saturated heterocycles. The molecule has 0 bridgehead atoms. The molecule has 2 aromatic rings. The van der Waals surface area contributed by atoms with Crippen molar-refractivity contribution >= 4 is 11.7 Å². The highest BCUT2D eigenvalue weighted by molar-refractivity contribution is 5.98. The second-order valence-electron chi connectivity index (χ2n) is 7.13. The van der Waals surface area contributed by atoms with Crippen LogP contribution in [0.3, 0.4) is 0 Å². The average Bonchev–Trinajstić information content (AvgIpc) is 3.38. The van der Waals surface area contributed by atoms with Gasteiger partial charge in [0.25, 0.3) is 0 Å². The molecule has 0 radical (unpaired) electrons. The van der Waals surface area contributed by atoms with Crippen molar-refractivity contribution < 1.29 is 9.59 Å². The summed E-state index contributed by atoms with van der Waals surface area (Å²) in [6.07, 6.45) is 7.88. The van der Waals surface area contributed by atoms with Crippen LogP contribution in [0.25, 0.3) is 0 Å². The van der Waals surface area contributed by atoms with Gasteiger partial charge in [-0.25, -0.2) is 0 Å². The van der Waals surface area contributed by atoms with E-state index in [1.807, 2.05) is 35.4 Å². The second-order valence-corrected chi connectivity index (χ2v) is 7.13. The minimum Gasteiger partial charge on any atom is -0.363 e. The fourth-order valence-electron chi connectivity index (χ4n) is 4.19. The number of aromatic amines is 1. The highest BCUT2D eigenvalue weighted by atomic mass is 16.2. The Hall–Kier alpha value is -2.36. The summed E-state index contributed by atoms with van der Waals surface area (Å²) < 4.78 is 0. The van der Waals surface area contributed by atoms with Gasteiger partial charge in [0.2, 0.25) is 5.91 Å². The minimum atomic E-state index is 0.0821. The molecule has 2 aliphatic rings. The number of hydrogen-bond donors (Lipinski definition) is 1. The molecule has 1 N–H and O–H groups in total. The highest BCUT2D eigenvalue weighted by Gasteiger charge is 2.30. The van der Waals surface area contributed by atoms with Crippen LogP contribution in [-0.4, -0.2) is 28.1 Å². The molecule has 1 aliphatic heterocycles. The SMILES string of the molecule is O=C(CCC(=O)N1CCC[C@H]1c1ccc[nH]1)c1ccc2c(c1)CCC2. The number of Topliss-reactive ketones (excluding diaryl/α,β-unsaturated/α-hetero) is 1. The van der Waals surface area contributed by atoms with E-state index in [1.54, 1.807) is 0 Å². The number of likely N-dealkylation sites (tertiary alicyclic amines) is 1. The number of fused-ring (bicyclic) bond motifs is 1. The van der Waals surface area contributed by atoms with Gasteiger partial charge in [0.15, 0.2) is 5.78 Å². The third-order valence-corrected chi connectivity index (χ3v) is 5.54. The molecule has 0 unspecified atom stereocenters. The van der Waals surface area contributed by atoms with Gasteiger partial charge in [0, 0.05) is 36.8 Å². The van der Waals surface area contributed by atoms with E-state index in [1.165, 1.54) is 17.5 Å². The molecule has 1 aliphatic carbocycles. The van der Waals surface area contributed by atoms with Crippen LogP contribution in [0, 0.1) is 0 Å². The standard InChI is InChI=1S/C21H24N2O2/c24-20(17-9-8-15-4-1-5-16(15)14-17)10-11-21(25)23-13-3-7-19(23)18-6-2-12-22-18/h2,6,8-9,12,14,19,22H,1,3-5,7,10-11,13H2/t19-/m0/s1. The Morgan fingerprint density at radius 1 is 1.08 bits per heavy atom. The van der Waals surface area contributed by atoms with Gasteiger partial charge in [-0.1, -0.05) is 12.1 Å². The zero-order valence-electron chi connectivity index (χ0n) is 14.5. The van der Waals surface area contributed by atoms with E-state index < -0.39 is 0 Å². The molecular weight excluding hydrogens is 312 g/mol. The number of H-pyrrole nitrogens is 1. The average molecular weight is 336 g/mol.